The number of rotatable bonds is 3. The van der Waals surface area contributed by atoms with E-state index in [4.69, 9.17) is 0 Å². The molecule has 1 aliphatic carbocycles. The quantitative estimate of drug-likeness (QED) is 0.867. The first-order chi connectivity index (χ1) is 10.4. The highest BCUT2D eigenvalue weighted by Crippen LogP contribution is 2.32. The number of aromatic hydroxyl groups is 1. The molecule has 0 radical (unpaired) electrons. The SMILES string of the molecule is CC=CC1=C(C=CC)C(=O)c2cc(C(C)=O)c(O)cc2C1=O. The summed E-state index contributed by atoms with van der Waals surface area (Å²) in [6, 6.07) is 2.49. The Kier molecular flexibility index (Phi) is 4.22. The molecule has 0 aliphatic heterocycles. The van der Waals surface area contributed by atoms with E-state index in [1.165, 1.54) is 19.1 Å². The first-order valence-corrected chi connectivity index (χ1v) is 6.89. The van der Waals surface area contributed by atoms with E-state index in [0.717, 1.165) is 0 Å². The lowest BCUT2D eigenvalue weighted by molar-refractivity contribution is 0.0978. The first kappa shape index (κ1) is 15.6. The summed E-state index contributed by atoms with van der Waals surface area (Å²) < 4.78 is 0. The second kappa shape index (κ2) is 5.93. The van der Waals surface area contributed by atoms with Crippen molar-refractivity contribution >= 4 is 17.3 Å². The summed E-state index contributed by atoms with van der Waals surface area (Å²) >= 11 is 0. The van der Waals surface area contributed by atoms with Crippen LogP contribution in [-0.2, 0) is 0 Å². The van der Waals surface area contributed by atoms with Crippen LogP contribution < -0.4 is 0 Å². The van der Waals surface area contributed by atoms with Gasteiger partial charge in [0, 0.05) is 22.3 Å². The van der Waals surface area contributed by atoms with Gasteiger partial charge >= 0.3 is 0 Å². The van der Waals surface area contributed by atoms with Crippen LogP contribution in [0.1, 0.15) is 51.8 Å². The van der Waals surface area contributed by atoms with Gasteiger partial charge in [-0.05, 0) is 32.9 Å². The molecule has 22 heavy (non-hydrogen) atoms. The van der Waals surface area contributed by atoms with Crippen LogP contribution in [0.2, 0.25) is 0 Å². The number of Topliss-reactive ketones (excluding diaryl/α,β-unsaturated/α-hetero) is 3. The minimum absolute atomic E-state index is 0.0363. The van der Waals surface area contributed by atoms with Gasteiger partial charge in [-0.15, -0.1) is 0 Å². The van der Waals surface area contributed by atoms with Crippen molar-refractivity contribution in [2.24, 2.45) is 0 Å². The molecule has 4 heteroatoms. The molecule has 0 aromatic heterocycles. The number of hydrogen-bond donors (Lipinski definition) is 1. The van der Waals surface area contributed by atoms with Crippen LogP contribution in [0.15, 0.2) is 47.6 Å². The molecule has 0 fully saturated rings. The number of carbonyl (C=O) groups excluding carboxylic acids is 3. The third kappa shape index (κ3) is 2.44. The van der Waals surface area contributed by atoms with Crippen molar-refractivity contribution in [1.29, 1.82) is 0 Å². The van der Waals surface area contributed by atoms with Gasteiger partial charge in [0.25, 0.3) is 0 Å². The van der Waals surface area contributed by atoms with E-state index in [-0.39, 0.29) is 45.4 Å². The molecule has 2 rings (SSSR count). The molecule has 0 spiro atoms. The lowest BCUT2D eigenvalue weighted by atomic mass is 9.82. The molecule has 0 bridgehead atoms. The number of allylic oxidation sites excluding steroid dienone is 6. The van der Waals surface area contributed by atoms with Crippen molar-refractivity contribution in [3.63, 3.8) is 0 Å². The minimum atomic E-state index is -0.364. The van der Waals surface area contributed by atoms with Gasteiger partial charge in [-0.25, -0.2) is 0 Å². The second-order valence-electron chi connectivity index (χ2n) is 4.96. The molecular weight excluding hydrogens is 280 g/mol. The van der Waals surface area contributed by atoms with Gasteiger partial charge in [-0.1, -0.05) is 24.3 Å². The third-order valence-corrected chi connectivity index (χ3v) is 3.45. The molecule has 112 valence electrons. The number of phenols is 1. The molecule has 0 unspecified atom stereocenters. The number of carbonyl (C=O) groups is 3. The molecule has 0 amide bonds. The monoisotopic (exact) mass is 296 g/mol. The Morgan fingerprint density at radius 3 is 1.82 bits per heavy atom. The molecule has 1 aliphatic rings. The minimum Gasteiger partial charge on any atom is -0.507 e. The van der Waals surface area contributed by atoms with Gasteiger partial charge in [0.05, 0.1) is 5.56 Å². The summed E-state index contributed by atoms with van der Waals surface area (Å²) in [4.78, 5) is 36.7. The highest BCUT2D eigenvalue weighted by Gasteiger charge is 2.31. The van der Waals surface area contributed by atoms with Gasteiger partial charge in [-0.2, -0.15) is 0 Å². The average Bonchev–Trinajstić information content (AvgIpc) is 2.47. The van der Waals surface area contributed by atoms with Crippen LogP contribution in [-0.4, -0.2) is 22.5 Å². The molecule has 0 saturated heterocycles. The smallest absolute Gasteiger partial charge is 0.194 e. The van der Waals surface area contributed by atoms with E-state index < -0.39 is 0 Å². The molecule has 1 aromatic rings. The maximum absolute atomic E-state index is 12.6. The van der Waals surface area contributed by atoms with Gasteiger partial charge in [-0.3, -0.25) is 14.4 Å². The first-order valence-electron chi connectivity index (χ1n) is 6.89. The predicted octanol–water partition coefficient (Wildman–Crippen LogP) is 3.42. The molecule has 0 heterocycles. The molecule has 1 N–H and O–H groups in total. The van der Waals surface area contributed by atoms with Crippen LogP contribution in [0, 0.1) is 0 Å². The van der Waals surface area contributed by atoms with E-state index in [9.17, 15) is 19.5 Å². The summed E-state index contributed by atoms with van der Waals surface area (Å²) in [6.45, 7) is 4.81. The summed E-state index contributed by atoms with van der Waals surface area (Å²) in [7, 11) is 0. The molecule has 0 saturated carbocycles. The zero-order valence-corrected chi connectivity index (χ0v) is 12.6. The lowest BCUT2D eigenvalue weighted by Gasteiger charge is -2.18. The van der Waals surface area contributed by atoms with E-state index >= 15 is 0 Å². The highest BCUT2D eigenvalue weighted by molar-refractivity contribution is 6.29. The highest BCUT2D eigenvalue weighted by atomic mass is 16.3. The Morgan fingerprint density at radius 1 is 0.955 bits per heavy atom. The van der Waals surface area contributed by atoms with Crippen molar-refractivity contribution in [2.75, 3.05) is 0 Å². The van der Waals surface area contributed by atoms with Crippen LogP contribution >= 0.6 is 0 Å². The van der Waals surface area contributed by atoms with Gasteiger partial charge in [0.2, 0.25) is 0 Å². The maximum Gasteiger partial charge on any atom is 0.194 e. The zero-order chi connectivity index (χ0) is 16.4. The third-order valence-electron chi connectivity index (χ3n) is 3.45. The summed E-state index contributed by atoms with van der Waals surface area (Å²) in [5, 5.41) is 9.89. The zero-order valence-electron chi connectivity index (χ0n) is 12.6. The van der Waals surface area contributed by atoms with Crippen LogP contribution in [0.25, 0.3) is 0 Å². The largest absolute Gasteiger partial charge is 0.507 e. The van der Waals surface area contributed by atoms with E-state index in [0.29, 0.717) is 5.57 Å². The number of hydrogen-bond acceptors (Lipinski definition) is 4. The Hall–Kier alpha value is -2.75. The van der Waals surface area contributed by atoms with Crippen molar-refractivity contribution in [2.45, 2.75) is 20.8 Å². The van der Waals surface area contributed by atoms with Crippen molar-refractivity contribution in [1.82, 2.24) is 0 Å². The van der Waals surface area contributed by atoms with Crippen molar-refractivity contribution in [3.8, 4) is 5.75 Å². The standard InChI is InChI=1S/C18H16O4/c1-4-6-11-12(7-5-2)18(22)15-9-16(20)13(10(3)19)8-14(15)17(11)21/h4-9,20H,1-3H3. The fraction of sp³-hybridized carbons (Fsp3) is 0.167. The van der Waals surface area contributed by atoms with Crippen LogP contribution in [0.5, 0.6) is 5.75 Å². The van der Waals surface area contributed by atoms with Crippen LogP contribution in [0.3, 0.4) is 0 Å². The molecular formula is C18H16O4. The second-order valence-corrected chi connectivity index (χ2v) is 4.96. The fourth-order valence-corrected chi connectivity index (χ4v) is 2.45. The lowest BCUT2D eigenvalue weighted by Crippen LogP contribution is -2.21. The van der Waals surface area contributed by atoms with E-state index in [1.54, 1.807) is 38.2 Å². The van der Waals surface area contributed by atoms with Gasteiger partial charge < -0.3 is 5.11 Å². The fourth-order valence-electron chi connectivity index (χ4n) is 2.45. The van der Waals surface area contributed by atoms with E-state index in [1.807, 2.05) is 0 Å². The maximum atomic E-state index is 12.6. The van der Waals surface area contributed by atoms with E-state index in [2.05, 4.69) is 0 Å². The number of benzene rings is 1. The van der Waals surface area contributed by atoms with Gasteiger partial charge in [0.1, 0.15) is 5.75 Å². The molecule has 4 nitrogen and oxygen atoms in total. The summed E-state index contributed by atoms with van der Waals surface area (Å²) in [5.74, 6) is -1.33. The average molecular weight is 296 g/mol. The summed E-state index contributed by atoms with van der Waals surface area (Å²) in [6.07, 6.45) is 6.52. The Bertz CT molecular complexity index is 777. The van der Waals surface area contributed by atoms with Crippen LogP contribution in [0.4, 0.5) is 0 Å². The predicted molar refractivity (Wildman–Crippen MR) is 83.4 cm³/mol. The Labute approximate surface area is 128 Å². The number of fused-ring (bicyclic) bond motifs is 1. The topological polar surface area (TPSA) is 71.4 Å². The Balaban J connectivity index is 2.78. The molecule has 1 aromatic carbocycles. The Morgan fingerprint density at radius 2 is 1.41 bits per heavy atom. The van der Waals surface area contributed by atoms with Crippen molar-refractivity contribution < 1.29 is 19.5 Å². The number of ketones is 3. The normalized spacial score (nSPS) is 15.0. The van der Waals surface area contributed by atoms with Crippen molar-refractivity contribution in [3.05, 3.63) is 64.3 Å². The molecule has 0 atom stereocenters. The summed E-state index contributed by atoms with van der Waals surface area (Å²) in [5.41, 5.74) is 0.879. The van der Waals surface area contributed by atoms with Gasteiger partial charge in [0.15, 0.2) is 17.3 Å². The number of phenolic OH excluding ortho intramolecular Hbond substituents is 1.